The number of benzene rings is 2. The van der Waals surface area contributed by atoms with Crippen LogP contribution in [-0.2, 0) is 4.74 Å². The number of aromatic nitrogens is 1. The molecule has 2 heterocycles. The predicted molar refractivity (Wildman–Crippen MR) is 115 cm³/mol. The van der Waals surface area contributed by atoms with Crippen molar-refractivity contribution in [3.8, 4) is 22.8 Å². The highest BCUT2D eigenvalue weighted by molar-refractivity contribution is 6.32. The van der Waals surface area contributed by atoms with Crippen molar-refractivity contribution in [3.05, 3.63) is 80.6 Å². The molecule has 10 heteroatoms. The lowest BCUT2D eigenvalue weighted by atomic mass is 10.0. The summed E-state index contributed by atoms with van der Waals surface area (Å²) < 4.78 is 47.1. The van der Waals surface area contributed by atoms with E-state index in [9.17, 15) is 23.5 Å². The fraction of sp³-hybridized carbons (Fsp3) is 0.217. The van der Waals surface area contributed by atoms with Gasteiger partial charge in [-0.2, -0.15) is 0 Å². The second-order valence-corrected chi connectivity index (χ2v) is 7.64. The van der Waals surface area contributed by atoms with E-state index in [2.05, 4.69) is 0 Å². The summed E-state index contributed by atoms with van der Waals surface area (Å²) in [4.78, 5) is 23.9. The SMILES string of the molecule is COCCCOc1cc2c(cc1Cl)-c1cc(=O)c(C(=O)O)cn1C(c1c(F)cccc1F)O2. The standard InChI is InChI=1S/C23H18ClF2NO6/c1-31-6-3-7-32-20-10-19-12(8-14(20)24)17-9-18(28)13(23(29)30)11-27(17)22(33-19)21-15(25)4-2-5-16(21)26/h2,4-5,8-11,22H,3,6-7H2,1H3,(H,29,30). The van der Waals surface area contributed by atoms with Crippen LogP contribution >= 0.6 is 11.6 Å². The average Bonchev–Trinajstić information content (AvgIpc) is 2.76. The number of halogens is 3. The van der Waals surface area contributed by atoms with Crippen LogP contribution in [0.4, 0.5) is 8.78 Å². The van der Waals surface area contributed by atoms with Gasteiger partial charge in [0.25, 0.3) is 0 Å². The molecule has 172 valence electrons. The van der Waals surface area contributed by atoms with Gasteiger partial charge in [0, 0.05) is 44.0 Å². The van der Waals surface area contributed by atoms with E-state index in [1.807, 2.05) is 0 Å². The number of pyridine rings is 1. The van der Waals surface area contributed by atoms with Crippen molar-refractivity contribution in [1.29, 1.82) is 0 Å². The first-order chi connectivity index (χ1) is 15.8. The van der Waals surface area contributed by atoms with E-state index in [1.54, 1.807) is 7.11 Å². The molecule has 1 aliphatic rings. The minimum absolute atomic E-state index is 0.163. The molecule has 1 atom stereocenters. The van der Waals surface area contributed by atoms with Crippen molar-refractivity contribution >= 4 is 17.6 Å². The first-order valence-corrected chi connectivity index (χ1v) is 10.2. The van der Waals surface area contributed by atoms with Crippen molar-refractivity contribution in [1.82, 2.24) is 4.57 Å². The van der Waals surface area contributed by atoms with Crippen molar-refractivity contribution in [3.63, 3.8) is 0 Å². The maximum atomic E-state index is 14.7. The smallest absolute Gasteiger partial charge is 0.341 e. The Morgan fingerprint density at radius 1 is 1.21 bits per heavy atom. The average molecular weight is 478 g/mol. The Balaban J connectivity index is 1.89. The first-order valence-electron chi connectivity index (χ1n) is 9.87. The van der Waals surface area contributed by atoms with E-state index >= 15 is 0 Å². The molecule has 0 spiro atoms. The highest BCUT2D eigenvalue weighted by atomic mass is 35.5. The maximum absolute atomic E-state index is 14.7. The molecule has 1 unspecified atom stereocenters. The lowest BCUT2D eigenvalue weighted by Crippen LogP contribution is -2.29. The second-order valence-electron chi connectivity index (χ2n) is 7.23. The van der Waals surface area contributed by atoms with Crippen molar-refractivity contribution in [2.45, 2.75) is 12.6 Å². The molecule has 2 aromatic carbocycles. The first kappa shape index (κ1) is 22.8. The molecule has 0 saturated heterocycles. The van der Waals surface area contributed by atoms with E-state index in [-0.39, 0.29) is 22.2 Å². The highest BCUT2D eigenvalue weighted by Crippen LogP contribution is 2.45. The van der Waals surface area contributed by atoms with E-state index < -0.39 is 40.4 Å². The third-order valence-corrected chi connectivity index (χ3v) is 5.40. The predicted octanol–water partition coefficient (Wildman–Crippen LogP) is 4.50. The van der Waals surface area contributed by atoms with Gasteiger partial charge in [0.15, 0.2) is 5.43 Å². The molecule has 0 bridgehead atoms. The number of carboxylic acid groups (broad SMARTS) is 1. The molecule has 4 rings (SSSR count). The third kappa shape index (κ3) is 4.29. The number of aromatic carboxylic acids is 1. The van der Waals surface area contributed by atoms with Gasteiger partial charge in [0.2, 0.25) is 6.23 Å². The van der Waals surface area contributed by atoms with Crippen LogP contribution in [0.3, 0.4) is 0 Å². The Bertz CT molecular complexity index is 1270. The van der Waals surface area contributed by atoms with Crippen LogP contribution in [0.1, 0.15) is 28.6 Å². The zero-order valence-corrected chi connectivity index (χ0v) is 18.1. The Kier molecular flexibility index (Phi) is 6.35. The summed E-state index contributed by atoms with van der Waals surface area (Å²) in [7, 11) is 1.57. The largest absolute Gasteiger partial charge is 0.492 e. The summed E-state index contributed by atoms with van der Waals surface area (Å²) in [6, 6.07) is 7.35. The fourth-order valence-electron chi connectivity index (χ4n) is 3.57. The molecule has 0 aliphatic carbocycles. The molecule has 3 aromatic rings. The Hall–Kier alpha value is -3.43. The van der Waals surface area contributed by atoms with Gasteiger partial charge in [-0.05, 0) is 18.2 Å². The molecule has 1 N–H and O–H groups in total. The summed E-state index contributed by atoms with van der Waals surface area (Å²) in [6.45, 7) is 0.783. The van der Waals surface area contributed by atoms with Crippen LogP contribution in [0.5, 0.6) is 11.5 Å². The molecule has 0 saturated carbocycles. The number of rotatable bonds is 7. The van der Waals surface area contributed by atoms with Gasteiger partial charge in [0.1, 0.15) is 28.7 Å². The molecular formula is C23H18ClF2NO6. The summed E-state index contributed by atoms with van der Waals surface area (Å²) in [5, 5.41) is 9.60. The Morgan fingerprint density at radius 3 is 2.61 bits per heavy atom. The normalized spacial score (nSPS) is 14.2. The van der Waals surface area contributed by atoms with E-state index in [1.165, 1.54) is 22.8 Å². The number of carboxylic acids is 1. The number of hydrogen-bond donors (Lipinski definition) is 1. The van der Waals surface area contributed by atoms with Crippen LogP contribution in [0, 0.1) is 11.6 Å². The quantitative estimate of drug-likeness (QED) is 0.504. The number of fused-ring (bicyclic) bond motifs is 3. The molecule has 0 amide bonds. The van der Waals surface area contributed by atoms with E-state index in [0.717, 1.165) is 24.4 Å². The van der Waals surface area contributed by atoms with Crippen LogP contribution in [-0.4, -0.2) is 36.0 Å². The summed E-state index contributed by atoms with van der Waals surface area (Å²) >= 11 is 6.35. The monoisotopic (exact) mass is 477 g/mol. The number of hydrogen-bond acceptors (Lipinski definition) is 5. The van der Waals surface area contributed by atoms with Gasteiger partial charge in [-0.15, -0.1) is 0 Å². The molecule has 0 radical (unpaired) electrons. The zero-order valence-electron chi connectivity index (χ0n) is 17.3. The van der Waals surface area contributed by atoms with Crippen LogP contribution < -0.4 is 14.9 Å². The van der Waals surface area contributed by atoms with Gasteiger partial charge >= 0.3 is 5.97 Å². The van der Waals surface area contributed by atoms with Gasteiger partial charge in [0.05, 0.1) is 22.9 Å². The molecule has 7 nitrogen and oxygen atoms in total. The summed E-state index contributed by atoms with van der Waals surface area (Å²) in [6.07, 6.45) is 0.182. The van der Waals surface area contributed by atoms with Gasteiger partial charge in [-0.1, -0.05) is 17.7 Å². The molecular weight excluding hydrogens is 460 g/mol. The Morgan fingerprint density at radius 2 is 1.94 bits per heavy atom. The second kappa shape index (κ2) is 9.21. The van der Waals surface area contributed by atoms with Crippen LogP contribution in [0.2, 0.25) is 5.02 Å². The number of methoxy groups -OCH3 is 1. The number of nitrogens with zero attached hydrogens (tertiary/aromatic N) is 1. The highest BCUT2D eigenvalue weighted by Gasteiger charge is 2.33. The molecule has 0 fully saturated rings. The van der Waals surface area contributed by atoms with Crippen molar-refractivity contribution < 1.29 is 32.9 Å². The zero-order chi connectivity index (χ0) is 23.7. The molecule has 33 heavy (non-hydrogen) atoms. The maximum Gasteiger partial charge on any atom is 0.341 e. The van der Waals surface area contributed by atoms with Crippen LogP contribution in [0.15, 0.2) is 47.4 Å². The summed E-state index contributed by atoms with van der Waals surface area (Å²) in [5.41, 5.74) is -1.26. The number of carbonyl (C=O) groups is 1. The van der Waals surface area contributed by atoms with E-state index in [0.29, 0.717) is 25.2 Å². The van der Waals surface area contributed by atoms with Crippen molar-refractivity contribution in [2.75, 3.05) is 20.3 Å². The van der Waals surface area contributed by atoms with E-state index in [4.69, 9.17) is 25.8 Å². The Labute approximate surface area is 191 Å². The summed E-state index contributed by atoms with van der Waals surface area (Å²) in [5.74, 6) is -2.83. The number of ether oxygens (including phenoxy) is 3. The molecule has 1 aliphatic heterocycles. The van der Waals surface area contributed by atoms with Gasteiger partial charge in [-0.25, -0.2) is 13.6 Å². The van der Waals surface area contributed by atoms with Crippen molar-refractivity contribution in [2.24, 2.45) is 0 Å². The van der Waals surface area contributed by atoms with Gasteiger partial charge < -0.3 is 23.9 Å². The topological polar surface area (TPSA) is 87.0 Å². The minimum atomic E-state index is -1.48. The van der Waals surface area contributed by atoms with Gasteiger partial charge in [-0.3, -0.25) is 4.79 Å². The minimum Gasteiger partial charge on any atom is -0.492 e. The molecule has 1 aromatic heterocycles. The lowest BCUT2D eigenvalue weighted by Gasteiger charge is -2.32. The third-order valence-electron chi connectivity index (χ3n) is 5.11. The fourth-order valence-corrected chi connectivity index (χ4v) is 3.79. The van der Waals surface area contributed by atoms with Crippen LogP contribution in [0.25, 0.3) is 11.3 Å². The lowest BCUT2D eigenvalue weighted by molar-refractivity contribution is 0.0693.